The molecule has 1 atom stereocenters. The van der Waals surface area contributed by atoms with Crippen LogP contribution in [0.5, 0.6) is 0 Å². The monoisotopic (exact) mass is 360 g/mol. The van der Waals surface area contributed by atoms with Crippen LogP contribution in [0.4, 0.5) is 9.59 Å². The summed E-state index contributed by atoms with van der Waals surface area (Å²) < 4.78 is 10.7. The molecular weight excluding hydrogens is 332 g/mol. The summed E-state index contributed by atoms with van der Waals surface area (Å²) in [6.07, 6.45) is 2.10. The topological polar surface area (TPSA) is 67.9 Å². The summed E-state index contributed by atoms with van der Waals surface area (Å²) in [5.74, 6) is 0. The van der Waals surface area contributed by atoms with Gasteiger partial charge in [0.15, 0.2) is 0 Å². The lowest BCUT2D eigenvalue weighted by molar-refractivity contribution is 0.0499. The second-order valence-electron chi connectivity index (χ2n) is 8.29. The quantitative estimate of drug-likeness (QED) is 0.892. The van der Waals surface area contributed by atoms with E-state index in [2.05, 4.69) is 5.32 Å². The summed E-state index contributed by atoms with van der Waals surface area (Å²) in [4.78, 5) is 25.9. The number of piperidine rings is 1. The first-order chi connectivity index (χ1) is 12.3. The molecule has 0 radical (unpaired) electrons. The first-order valence-electron chi connectivity index (χ1n) is 9.23. The van der Waals surface area contributed by atoms with E-state index in [4.69, 9.17) is 9.47 Å². The standard InChI is InChI=1S/C20H28N2O4/c1-19(2,3)26-17(23)21-16-13-20(16)9-11-22(12-10-20)18(24)25-14-15-7-5-4-6-8-15/h4-8,16H,9-14H2,1-3H3,(H,21,23)/t16-/m1/s1. The van der Waals surface area contributed by atoms with Gasteiger partial charge in [-0.3, -0.25) is 0 Å². The number of benzene rings is 1. The van der Waals surface area contributed by atoms with Crippen LogP contribution in [0.3, 0.4) is 0 Å². The van der Waals surface area contributed by atoms with Crippen LogP contribution in [0.2, 0.25) is 0 Å². The van der Waals surface area contributed by atoms with Crippen molar-refractivity contribution in [1.82, 2.24) is 10.2 Å². The lowest BCUT2D eigenvalue weighted by Gasteiger charge is -2.32. The van der Waals surface area contributed by atoms with E-state index in [1.807, 2.05) is 51.1 Å². The molecule has 1 aromatic rings. The Labute approximate surface area is 154 Å². The summed E-state index contributed by atoms with van der Waals surface area (Å²) >= 11 is 0. The predicted molar refractivity (Wildman–Crippen MR) is 97.6 cm³/mol. The highest BCUT2D eigenvalue weighted by molar-refractivity contribution is 5.69. The highest BCUT2D eigenvalue weighted by atomic mass is 16.6. The molecule has 6 nitrogen and oxygen atoms in total. The van der Waals surface area contributed by atoms with Gasteiger partial charge in [-0.1, -0.05) is 30.3 Å². The van der Waals surface area contributed by atoms with Crippen molar-refractivity contribution in [3.05, 3.63) is 35.9 Å². The van der Waals surface area contributed by atoms with Gasteiger partial charge in [-0.2, -0.15) is 0 Å². The molecule has 1 N–H and O–H groups in total. The maximum absolute atomic E-state index is 12.2. The molecule has 1 heterocycles. The van der Waals surface area contributed by atoms with Gasteiger partial charge >= 0.3 is 12.2 Å². The third-order valence-corrected chi connectivity index (χ3v) is 5.10. The SMILES string of the molecule is CC(C)(C)OC(=O)N[C@@H]1CC12CCN(C(=O)OCc1ccccc1)CC2. The zero-order valence-corrected chi connectivity index (χ0v) is 15.8. The summed E-state index contributed by atoms with van der Waals surface area (Å²) in [7, 11) is 0. The number of carbonyl (C=O) groups is 2. The largest absolute Gasteiger partial charge is 0.445 e. The molecule has 1 aliphatic carbocycles. The van der Waals surface area contributed by atoms with E-state index in [9.17, 15) is 9.59 Å². The maximum atomic E-state index is 12.2. The molecule has 26 heavy (non-hydrogen) atoms. The van der Waals surface area contributed by atoms with E-state index in [1.54, 1.807) is 4.90 Å². The first-order valence-corrected chi connectivity index (χ1v) is 9.23. The molecule has 0 aromatic heterocycles. The molecule has 1 saturated carbocycles. The smallest absolute Gasteiger partial charge is 0.410 e. The van der Waals surface area contributed by atoms with Gasteiger partial charge in [0.25, 0.3) is 0 Å². The highest BCUT2D eigenvalue weighted by Crippen LogP contribution is 2.54. The van der Waals surface area contributed by atoms with Crippen molar-refractivity contribution in [2.24, 2.45) is 5.41 Å². The second kappa shape index (κ2) is 7.17. The number of nitrogens with zero attached hydrogens (tertiary/aromatic N) is 1. The summed E-state index contributed by atoms with van der Waals surface area (Å²) in [6, 6.07) is 9.83. The fraction of sp³-hybridized carbons (Fsp3) is 0.600. The van der Waals surface area contributed by atoms with Gasteiger partial charge in [-0.25, -0.2) is 9.59 Å². The average molecular weight is 360 g/mol. The fourth-order valence-corrected chi connectivity index (χ4v) is 3.50. The number of alkyl carbamates (subject to hydrolysis) is 1. The van der Waals surface area contributed by atoms with Crippen molar-refractivity contribution in [3.63, 3.8) is 0 Å². The lowest BCUT2D eigenvalue weighted by atomic mass is 9.93. The Hall–Kier alpha value is -2.24. The Morgan fingerprint density at radius 1 is 1.19 bits per heavy atom. The van der Waals surface area contributed by atoms with Crippen molar-refractivity contribution in [1.29, 1.82) is 0 Å². The molecule has 6 heteroatoms. The minimum absolute atomic E-state index is 0.118. The molecule has 0 unspecified atom stereocenters. The van der Waals surface area contributed by atoms with Crippen molar-refractivity contribution in [3.8, 4) is 0 Å². The van der Waals surface area contributed by atoms with E-state index in [1.165, 1.54) is 0 Å². The molecule has 1 spiro atoms. The molecule has 0 bridgehead atoms. The Balaban J connectivity index is 1.40. The van der Waals surface area contributed by atoms with Gasteiger partial charge < -0.3 is 19.7 Å². The van der Waals surface area contributed by atoms with Crippen LogP contribution in [0.25, 0.3) is 0 Å². The zero-order chi connectivity index (χ0) is 18.8. The normalized spacial score (nSPS) is 21.2. The van der Waals surface area contributed by atoms with Crippen molar-refractivity contribution in [2.45, 2.75) is 58.3 Å². The molecule has 1 saturated heterocycles. The van der Waals surface area contributed by atoms with Crippen molar-refractivity contribution >= 4 is 12.2 Å². The van der Waals surface area contributed by atoms with Crippen molar-refractivity contribution in [2.75, 3.05) is 13.1 Å². The van der Waals surface area contributed by atoms with Crippen LogP contribution < -0.4 is 5.32 Å². The van der Waals surface area contributed by atoms with Gasteiger partial charge in [0.05, 0.1) is 0 Å². The number of hydrogen-bond donors (Lipinski definition) is 1. The number of carbonyl (C=O) groups excluding carboxylic acids is 2. The number of hydrogen-bond acceptors (Lipinski definition) is 4. The molecule has 2 fully saturated rings. The van der Waals surface area contributed by atoms with Crippen molar-refractivity contribution < 1.29 is 19.1 Å². The highest BCUT2D eigenvalue weighted by Gasteiger charge is 2.56. The number of ether oxygens (including phenoxy) is 2. The van der Waals surface area contributed by atoms with Gasteiger partial charge in [0.1, 0.15) is 12.2 Å². The van der Waals surface area contributed by atoms with Crippen LogP contribution >= 0.6 is 0 Å². The summed E-state index contributed by atoms with van der Waals surface area (Å²) in [5, 5.41) is 2.97. The fourth-order valence-electron chi connectivity index (χ4n) is 3.50. The Kier molecular flexibility index (Phi) is 5.12. The number of rotatable bonds is 3. The molecule has 2 amide bonds. The molecule has 1 aromatic carbocycles. The predicted octanol–water partition coefficient (Wildman–Crippen LogP) is 3.70. The Morgan fingerprint density at radius 3 is 2.46 bits per heavy atom. The minimum Gasteiger partial charge on any atom is -0.445 e. The van der Waals surface area contributed by atoms with Gasteiger partial charge in [-0.15, -0.1) is 0 Å². The zero-order valence-electron chi connectivity index (χ0n) is 15.8. The third-order valence-electron chi connectivity index (χ3n) is 5.10. The van der Waals surface area contributed by atoms with Crippen LogP contribution in [0.1, 0.15) is 45.6 Å². The minimum atomic E-state index is -0.488. The maximum Gasteiger partial charge on any atom is 0.410 e. The third kappa shape index (κ3) is 4.68. The first kappa shape index (κ1) is 18.5. The van der Waals surface area contributed by atoms with E-state index >= 15 is 0 Å². The molecular formula is C20H28N2O4. The summed E-state index contributed by atoms with van der Waals surface area (Å²) in [6.45, 7) is 7.20. The van der Waals surface area contributed by atoms with Gasteiger partial charge in [0, 0.05) is 19.1 Å². The van der Waals surface area contributed by atoms with E-state index in [-0.39, 0.29) is 23.6 Å². The van der Waals surface area contributed by atoms with E-state index < -0.39 is 5.60 Å². The molecule has 142 valence electrons. The average Bonchev–Trinajstić information content (AvgIpc) is 3.23. The van der Waals surface area contributed by atoms with E-state index in [0.29, 0.717) is 19.7 Å². The molecule has 3 rings (SSSR count). The Bertz CT molecular complexity index is 646. The van der Waals surface area contributed by atoms with Gasteiger partial charge in [0.2, 0.25) is 0 Å². The van der Waals surface area contributed by atoms with Crippen LogP contribution in [0, 0.1) is 5.41 Å². The van der Waals surface area contributed by atoms with Crippen LogP contribution in [0.15, 0.2) is 30.3 Å². The number of nitrogens with one attached hydrogen (secondary N) is 1. The number of amides is 2. The van der Waals surface area contributed by atoms with E-state index in [0.717, 1.165) is 24.8 Å². The van der Waals surface area contributed by atoms with Crippen LogP contribution in [-0.4, -0.2) is 41.8 Å². The summed E-state index contributed by atoms with van der Waals surface area (Å²) in [5.41, 5.74) is 0.614. The lowest BCUT2D eigenvalue weighted by Crippen LogP contribution is -2.42. The Morgan fingerprint density at radius 2 is 1.85 bits per heavy atom. The molecule has 1 aliphatic heterocycles. The molecule has 2 aliphatic rings. The van der Waals surface area contributed by atoms with Gasteiger partial charge in [-0.05, 0) is 51.0 Å². The second-order valence-corrected chi connectivity index (χ2v) is 8.29. The van der Waals surface area contributed by atoms with Crippen LogP contribution in [-0.2, 0) is 16.1 Å². The number of likely N-dealkylation sites (tertiary alicyclic amines) is 1.